The molecule has 1 N–H and O–H groups in total. The van der Waals surface area contributed by atoms with Gasteiger partial charge in [0.2, 0.25) is 0 Å². The third-order valence-electron chi connectivity index (χ3n) is 2.95. The minimum atomic E-state index is 0.106. The SMILES string of the molecule is N#CC1CCCC1Nc1ccc(Cl)c(Cl)c1. The van der Waals surface area contributed by atoms with Gasteiger partial charge in [0.05, 0.1) is 22.0 Å². The quantitative estimate of drug-likeness (QED) is 0.863. The molecule has 1 aliphatic carbocycles. The number of hydrogen-bond acceptors (Lipinski definition) is 2. The van der Waals surface area contributed by atoms with Crippen molar-refractivity contribution in [2.24, 2.45) is 5.92 Å². The Morgan fingerprint density at radius 1 is 1.25 bits per heavy atom. The van der Waals surface area contributed by atoms with E-state index in [1.807, 2.05) is 6.07 Å². The molecule has 0 saturated heterocycles. The van der Waals surface area contributed by atoms with Crippen molar-refractivity contribution in [1.82, 2.24) is 0 Å². The van der Waals surface area contributed by atoms with Gasteiger partial charge in [-0.3, -0.25) is 0 Å². The van der Waals surface area contributed by atoms with E-state index >= 15 is 0 Å². The smallest absolute Gasteiger partial charge is 0.0677 e. The van der Waals surface area contributed by atoms with Crippen LogP contribution in [0.4, 0.5) is 5.69 Å². The topological polar surface area (TPSA) is 35.8 Å². The molecule has 0 amide bonds. The summed E-state index contributed by atoms with van der Waals surface area (Å²) >= 11 is 11.8. The fourth-order valence-corrected chi connectivity index (χ4v) is 2.39. The second-order valence-corrected chi connectivity index (χ2v) is 4.86. The lowest BCUT2D eigenvalue weighted by Crippen LogP contribution is -2.22. The Balaban J connectivity index is 2.09. The van der Waals surface area contributed by atoms with Gasteiger partial charge in [0.25, 0.3) is 0 Å². The molecule has 2 atom stereocenters. The van der Waals surface area contributed by atoms with E-state index in [0.29, 0.717) is 10.0 Å². The van der Waals surface area contributed by atoms with Crippen LogP contribution in [0.2, 0.25) is 10.0 Å². The van der Waals surface area contributed by atoms with Crippen LogP contribution in [0.5, 0.6) is 0 Å². The molecule has 1 saturated carbocycles. The maximum Gasteiger partial charge on any atom is 0.0677 e. The molecule has 1 aromatic rings. The van der Waals surface area contributed by atoms with E-state index in [9.17, 15) is 0 Å². The molecule has 0 heterocycles. The van der Waals surface area contributed by atoms with Gasteiger partial charge in [-0.05, 0) is 37.5 Å². The summed E-state index contributed by atoms with van der Waals surface area (Å²) in [4.78, 5) is 0. The molecule has 2 rings (SSSR count). The van der Waals surface area contributed by atoms with Gasteiger partial charge in [0, 0.05) is 11.7 Å². The first-order valence-electron chi connectivity index (χ1n) is 5.32. The molecule has 4 heteroatoms. The molecule has 0 spiro atoms. The third kappa shape index (κ3) is 2.42. The first-order valence-corrected chi connectivity index (χ1v) is 6.07. The first-order chi connectivity index (χ1) is 7.70. The van der Waals surface area contributed by atoms with Crippen molar-refractivity contribution in [1.29, 1.82) is 5.26 Å². The number of nitrogens with zero attached hydrogens (tertiary/aromatic N) is 1. The third-order valence-corrected chi connectivity index (χ3v) is 3.69. The van der Waals surface area contributed by atoms with Gasteiger partial charge in [-0.25, -0.2) is 0 Å². The number of anilines is 1. The Kier molecular flexibility index (Phi) is 3.58. The summed E-state index contributed by atoms with van der Waals surface area (Å²) in [5, 5.41) is 13.4. The summed E-state index contributed by atoms with van der Waals surface area (Å²) in [5.41, 5.74) is 0.932. The zero-order valence-corrected chi connectivity index (χ0v) is 10.2. The lowest BCUT2D eigenvalue weighted by atomic mass is 10.1. The zero-order valence-electron chi connectivity index (χ0n) is 8.71. The van der Waals surface area contributed by atoms with Crippen molar-refractivity contribution in [2.75, 3.05) is 5.32 Å². The largest absolute Gasteiger partial charge is 0.381 e. The van der Waals surface area contributed by atoms with Crippen LogP contribution < -0.4 is 5.32 Å². The highest BCUT2D eigenvalue weighted by molar-refractivity contribution is 6.42. The van der Waals surface area contributed by atoms with Crippen molar-refractivity contribution in [3.8, 4) is 6.07 Å². The average molecular weight is 255 g/mol. The Hall–Kier alpha value is -0.910. The molecular formula is C12H12Cl2N2. The lowest BCUT2D eigenvalue weighted by molar-refractivity contribution is 0.630. The van der Waals surface area contributed by atoms with E-state index in [-0.39, 0.29) is 12.0 Å². The number of hydrogen-bond donors (Lipinski definition) is 1. The highest BCUT2D eigenvalue weighted by Gasteiger charge is 2.26. The molecule has 1 fully saturated rings. The molecule has 0 aromatic heterocycles. The van der Waals surface area contributed by atoms with Crippen LogP contribution in [0.3, 0.4) is 0 Å². The summed E-state index contributed by atoms with van der Waals surface area (Å²) in [6, 6.07) is 8.04. The van der Waals surface area contributed by atoms with Crippen LogP contribution in [0.25, 0.3) is 0 Å². The van der Waals surface area contributed by atoms with Crippen molar-refractivity contribution in [3.63, 3.8) is 0 Å². The van der Waals surface area contributed by atoms with Crippen LogP contribution in [0, 0.1) is 17.2 Å². The van der Waals surface area contributed by atoms with Gasteiger partial charge >= 0.3 is 0 Å². The number of nitrogens with one attached hydrogen (secondary N) is 1. The van der Waals surface area contributed by atoms with Crippen molar-refractivity contribution < 1.29 is 0 Å². The molecular weight excluding hydrogens is 243 g/mol. The average Bonchev–Trinajstić information content (AvgIpc) is 2.71. The lowest BCUT2D eigenvalue weighted by Gasteiger charge is -2.17. The summed E-state index contributed by atoms with van der Waals surface area (Å²) < 4.78 is 0. The van der Waals surface area contributed by atoms with Gasteiger partial charge in [-0.15, -0.1) is 0 Å². The highest BCUT2D eigenvalue weighted by Crippen LogP contribution is 2.30. The summed E-state index contributed by atoms with van der Waals surface area (Å²) in [5.74, 6) is 0.106. The second kappa shape index (κ2) is 4.95. The standard InChI is InChI=1S/C12H12Cl2N2/c13-10-5-4-9(6-11(10)14)16-12-3-1-2-8(12)7-15/h4-6,8,12,16H,1-3H2. The van der Waals surface area contributed by atoms with Crippen molar-refractivity contribution in [2.45, 2.75) is 25.3 Å². The molecule has 84 valence electrons. The number of rotatable bonds is 2. The second-order valence-electron chi connectivity index (χ2n) is 4.05. The van der Waals surface area contributed by atoms with Crippen molar-refractivity contribution in [3.05, 3.63) is 28.2 Å². The van der Waals surface area contributed by atoms with Gasteiger partial charge in [-0.1, -0.05) is 23.2 Å². The fourth-order valence-electron chi connectivity index (χ4n) is 2.09. The van der Waals surface area contributed by atoms with Gasteiger partial charge in [-0.2, -0.15) is 5.26 Å². The van der Waals surface area contributed by atoms with E-state index in [4.69, 9.17) is 28.5 Å². The Morgan fingerprint density at radius 2 is 2.06 bits per heavy atom. The van der Waals surface area contributed by atoms with E-state index in [1.54, 1.807) is 12.1 Å². The molecule has 0 radical (unpaired) electrons. The van der Waals surface area contributed by atoms with Gasteiger partial charge in [0.15, 0.2) is 0 Å². The zero-order chi connectivity index (χ0) is 11.5. The molecule has 1 aromatic carbocycles. The number of nitriles is 1. The van der Waals surface area contributed by atoms with Crippen LogP contribution in [-0.4, -0.2) is 6.04 Å². The number of halogens is 2. The maximum atomic E-state index is 8.98. The summed E-state index contributed by atoms with van der Waals surface area (Å²) in [6.45, 7) is 0. The van der Waals surface area contributed by atoms with Crippen LogP contribution >= 0.6 is 23.2 Å². The van der Waals surface area contributed by atoms with Crippen LogP contribution in [0.1, 0.15) is 19.3 Å². The number of benzene rings is 1. The minimum absolute atomic E-state index is 0.106. The predicted octanol–water partition coefficient (Wildman–Crippen LogP) is 4.10. The summed E-state index contributed by atoms with van der Waals surface area (Å²) in [7, 11) is 0. The molecule has 2 unspecified atom stereocenters. The maximum absolute atomic E-state index is 8.98. The highest BCUT2D eigenvalue weighted by atomic mass is 35.5. The molecule has 0 bridgehead atoms. The van der Waals surface area contributed by atoms with Crippen LogP contribution in [-0.2, 0) is 0 Å². The Bertz CT molecular complexity index is 426. The molecule has 16 heavy (non-hydrogen) atoms. The fraction of sp³-hybridized carbons (Fsp3) is 0.417. The predicted molar refractivity (Wildman–Crippen MR) is 66.8 cm³/mol. The summed E-state index contributed by atoms with van der Waals surface area (Å²) in [6.07, 6.45) is 3.13. The van der Waals surface area contributed by atoms with Gasteiger partial charge in [0.1, 0.15) is 0 Å². The van der Waals surface area contributed by atoms with Gasteiger partial charge < -0.3 is 5.32 Å². The Labute approximate surface area is 105 Å². The molecule has 2 nitrogen and oxygen atoms in total. The van der Waals surface area contributed by atoms with E-state index in [2.05, 4.69) is 11.4 Å². The monoisotopic (exact) mass is 254 g/mol. The van der Waals surface area contributed by atoms with E-state index < -0.39 is 0 Å². The molecule has 0 aliphatic heterocycles. The normalized spacial score (nSPS) is 24.1. The van der Waals surface area contributed by atoms with Crippen molar-refractivity contribution >= 4 is 28.9 Å². The van der Waals surface area contributed by atoms with Crippen LogP contribution in [0.15, 0.2) is 18.2 Å². The first kappa shape index (κ1) is 11.6. The molecule has 1 aliphatic rings. The van der Waals surface area contributed by atoms with E-state index in [1.165, 1.54) is 0 Å². The Morgan fingerprint density at radius 3 is 2.75 bits per heavy atom. The minimum Gasteiger partial charge on any atom is -0.381 e. The van der Waals surface area contributed by atoms with E-state index in [0.717, 1.165) is 24.9 Å².